The van der Waals surface area contributed by atoms with Crippen molar-refractivity contribution in [1.82, 2.24) is 10.2 Å². The number of hydrogen-bond donors (Lipinski definition) is 1. The fourth-order valence-electron chi connectivity index (χ4n) is 2.71. The predicted molar refractivity (Wildman–Crippen MR) is 112 cm³/mol. The quantitative estimate of drug-likeness (QED) is 0.269. The minimum atomic E-state index is -0.467. The summed E-state index contributed by atoms with van der Waals surface area (Å²) in [4.78, 5) is 24.5. The van der Waals surface area contributed by atoms with Crippen LogP contribution in [0.1, 0.15) is 21.1 Å². The Hall–Kier alpha value is -3.24. The van der Waals surface area contributed by atoms with Crippen LogP contribution < -0.4 is 5.32 Å². The molecule has 0 aliphatic heterocycles. The second kappa shape index (κ2) is 8.02. The molecule has 0 atom stereocenters. The first-order valence-electron chi connectivity index (χ1n) is 8.46. The molecule has 0 unspecified atom stereocenters. The summed E-state index contributed by atoms with van der Waals surface area (Å²) < 4.78 is 6.30. The molecule has 8 nitrogen and oxygen atoms in total. The number of nitrogens with one attached hydrogen (secondary N) is 1. The van der Waals surface area contributed by atoms with E-state index in [1.54, 1.807) is 23.9 Å². The highest BCUT2D eigenvalue weighted by molar-refractivity contribution is 7.98. The van der Waals surface area contributed by atoms with Crippen LogP contribution in [0.2, 0.25) is 0 Å². The van der Waals surface area contributed by atoms with Gasteiger partial charge >= 0.3 is 6.01 Å². The van der Waals surface area contributed by atoms with Crippen molar-refractivity contribution >= 4 is 50.8 Å². The van der Waals surface area contributed by atoms with Crippen molar-refractivity contribution in [2.45, 2.75) is 11.3 Å². The molecule has 0 saturated carbocycles. The number of carbonyl (C=O) groups is 1. The summed E-state index contributed by atoms with van der Waals surface area (Å²) in [6.45, 7) is 0. The highest BCUT2D eigenvalue weighted by atomic mass is 32.2. The summed E-state index contributed by atoms with van der Waals surface area (Å²) in [5, 5.41) is 21.9. The summed E-state index contributed by atoms with van der Waals surface area (Å²) in [6.07, 6.45) is 2.48. The Labute approximate surface area is 173 Å². The Kier molecular flexibility index (Phi) is 5.28. The van der Waals surface area contributed by atoms with Crippen molar-refractivity contribution in [2.24, 2.45) is 0 Å². The number of benzene rings is 2. The van der Waals surface area contributed by atoms with E-state index in [2.05, 4.69) is 15.5 Å². The maximum absolute atomic E-state index is 12.5. The van der Waals surface area contributed by atoms with Crippen LogP contribution in [0, 0.1) is 10.1 Å². The van der Waals surface area contributed by atoms with Crippen molar-refractivity contribution in [2.75, 3.05) is 11.6 Å². The second-order valence-corrected chi connectivity index (χ2v) is 8.03. The van der Waals surface area contributed by atoms with Gasteiger partial charge in [-0.15, -0.1) is 28.2 Å². The summed E-state index contributed by atoms with van der Waals surface area (Å²) in [7, 11) is 0. The van der Waals surface area contributed by atoms with E-state index in [1.165, 1.54) is 28.4 Å². The van der Waals surface area contributed by atoms with Gasteiger partial charge in [0.1, 0.15) is 0 Å². The normalized spacial score (nSPS) is 10.9. The average molecular weight is 426 g/mol. The number of nitrogens with zero attached hydrogens (tertiary/aromatic N) is 3. The summed E-state index contributed by atoms with van der Waals surface area (Å²) >= 11 is 2.90. The molecule has 0 bridgehead atoms. The van der Waals surface area contributed by atoms with Crippen molar-refractivity contribution in [3.8, 4) is 0 Å². The maximum atomic E-state index is 12.5. The van der Waals surface area contributed by atoms with Crippen LogP contribution in [0.25, 0.3) is 10.1 Å². The van der Waals surface area contributed by atoms with Gasteiger partial charge in [-0.3, -0.25) is 20.2 Å². The molecule has 0 spiro atoms. The first kappa shape index (κ1) is 19.1. The third kappa shape index (κ3) is 4.28. The molecule has 4 rings (SSSR count). The van der Waals surface area contributed by atoms with Gasteiger partial charge in [0, 0.05) is 27.1 Å². The molecule has 4 aromatic rings. The van der Waals surface area contributed by atoms with Crippen LogP contribution in [0.15, 0.2) is 57.8 Å². The molecule has 2 aromatic carbocycles. The molecule has 10 heteroatoms. The number of nitro groups is 1. The Morgan fingerprint density at radius 1 is 1.21 bits per heavy atom. The zero-order valence-corrected chi connectivity index (χ0v) is 16.8. The van der Waals surface area contributed by atoms with Crippen molar-refractivity contribution < 1.29 is 14.1 Å². The Balaban J connectivity index is 1.45. The molecule has 1 N–H and O–H groups in total. The summed E-state index contributed by atoms with van der Waals surface area (Å²) in [5.74, 6) is -0.0162. The summed E-state index contributed by atoms with van der Waals surface area (Å²) in [6, 6.07) is 14.1. The number of thiophene rings is 1. The van der Waals surface area contributed by atoms with E-state index in [0.717, 1.165) is 10.3 Å². The largest absolute Gasteiger partial charge is 0.407 e. The Morgan fingerprint density at radius 3 is 2.72 bits per heavy atom. The third-order valence-electron chi connectivity index (χ3n) is 4.14. The number of carbonyl (C=O) groups excluding carboxylic acids is 1. The number of aromatic nitrogens is 2. The van der Waals surface area contributed by atoms with E-state index in [0.29, 0.717) is 22.6 Å². The van der Waals surface area contributed by atoms with Crippen molar-refractivity contribution in [3.63, 3.8) is 0 Å². The SMILES string of the molecule is CSc1ccc(Cc2nnc(NC(=O)c3cc4cc([N+](=O)[O-])ccc4s3)o2)cc1. The number of amides is 1. The predicted octanol–water partition coefficient (Wildman–Crippen LogP) is 4.76. The zero-order valence-electron chi connectivity index (χ0n) is 15.1. The molecule has 0 aliphatic rings. The maximum Gasteiger partial charge on any atom is 0.322 e. The molecular weight excluding hydrogens is 412 g/mol. The smallest absolute Gasteiger partial charge is 0.322 e. The number of nitro benzene ring substituents is 1. The number of thioether (sulfide) groups is 1. The highest BCUT2D eigenvalue weighted by Crippen LogP contribution is 2.29. The molecule has 0 fully saturated rings. The number of hydrogen-bond acceptors (Lipinski definition) is 8. The molecule has 2 aromatic heterocycles. The number of non-ortho nitro benzene ring substituents is 1. The lowest BCUT2D eigenvalue weighted by Gasteiger charge is -1.99. The lowest BCUT2D eigenvalue weighted by atomic mass is 10.1. The van der Waals surface area contributed by atoms with Gasteiger partial charge in [-0.05, 0) is 36.1 Å². The van der Waals surface area contributed by atoms with Gasteiger partial charge in [-0.25, -0.2) is 0 Å². The van der Waals surface area contributed by atoms with Crippen molar-refractivity contribution in [3.05, 3.63) is 75.0 Å². The lowest BCUT2D eigenvalue weighted by molar-refractivity contribution is -0.384. The van der Waals surface area contributed by atoms with E-state index in [9.17, 15) is 14.9 Å². The zero-order chi connectivity index (χ0) is 20.4. The molecular formula is C19H14N4O4S2. The van der Waals surface area contributed by atoms with Gasteiger partial charge in [0.2, 0.25) is 5.89 Å². The monoisotopic (exact) mass is 426 g/mol. The van der Waals surface area contributed by atoms with Gasteiger partial charge in [-0.2, -0.15) is 0 Å². The van der Waals surface area contributed by atoms with E-state index in [1.807, 2.05) is 30.5 Å². The molecule has 29 heavy (non-hydrogen) atoms. The van der Waals surface area contributed by atoms with E-state index in [4.69, 9.17) is 4.42 Å². The van der Waals surface area contributed by atoms with Crippen LogP contribution in [-0.2, 0) is 6.42 Å². The van der Waals surface area contributed by atoms with Crippen LogP contribution in [0.5, 0.6) is 0 Å². The van der Waals surface area contributed by atoms with Crippen LogP contribution in [-0.4, -0.2) is 27.3 Å². The molecule has 0 saturated heterocycles. The fourth-order valence-corrected chi connectivity index (χ4v) is 4.06. The molecule has 146 valence electrons. The van der Waals surface area contributed by atoms with Crippen LogP contribution in [0.3, 0.4) is 0 Å². The first-order chi connectivity index (χ1) is 14.0. The number of anilines is 1. The topological polar surface area (TPSA) is 111 Å². The minimum absolute atomic E-state index is 0.00849. The van der Waals surface area contributed by atoms with Gasteiger partial charge in [0.05, 0.1) is 16.2 Å². The minimum Gasteiger partial charge on any atom is -0.407 e. The van der Waals surface area contributed by atoms with Crippen LogP contribution >= 0.6 is 23.1 Å². The fraction of sp³-hybridized carbons (Fsp3) is 0.105. The summed E-state index contributed by atoms with van der Waals surface area (Å²) in [5.41, 5.74) is 1.00. The molecule has 0 aliphatic carbocycles. The average Bonchev–Trinajstić information content (AvgIpc) is 3.34. The lowest BCUT2D eigenvalue weighted by Crippen LogP contribution is -2.10. The van der Waals surface area contributed by atoms with Gasteiger partial charge < -0.3 is 4.42 Å². The van der Waals surface area contributed by atoms with Crippen molar-refractivity contribution in [1.29, 1.82) is 0 Å². The third-order valence-corrected chi connectivity index (χ3v) is 5.99. The van der Waals surface area contributed by atoms with E-state index >= 15 is 0 Å². The Bertz CT molecular complexity index is 1200. The van der Waals surface area contributed by atoms with Gasteiger partial charge in [-0.1, -0.05) is 17.2 Å². The van der Waals surface area contributed by atoms with Crippen LogP contribution in [0.4, 0.5) is 11.7 Å². The Morgan fingerprint density at radius 2 is 2.00 bits per heavy atom. The molecule has 2 heterocycles. The second-order valence-electron chi connectivity index (χ2n) is 6.07. The molecule has 1 amide bonds. The molecule has 0 radical (unpaired) electrons. The van der Waals surface area contributed by atoms with E-state index < -0.39 is 10.8 Å². The standard InChI is InChI=1S/C19H14N4O4S2/c1-28-14-5-2-11(3-6-14)8-17-21-22-19(27-17)20-18(24)16-10-12-9-13(23(25)26)4-7-15(12)29-16/h2-7,9-10H,8H2,1H3,(H,20,22,24). The first-order valence-corrected chi connectivity index (χ1v) is 10.5. The van der Waals surface area contributed by atoms with Gasteiger partial charge in [0.25, 0.3) is 11.6 Å². The highest BCUT2D eigenvalue weighted by Gasteiger charge is 2.16. The number of rotatable bonds is 6. The number of fused-ring (bicyclic) bond motifs is 1. The van der Waals surface area contributed by atoms with E-state index in [-0.39, 0.29) is 11.7 Å². The van der Waals surface area contributed by atoms with Gasteiger partial charge in [0.15, 0.2) is 0 Å².